The van der Waals surface area contributed by atoms with Crippen LogP contribution in [0.25, 0.3) is 0 Å². The van der Waals surface area contributed by atoms with E-state index in [1.54, 1.807) is 7.11 Å². The van der Waals surface area contributed by atoms with Gasteiger partial charge >= 0.3 is 5.97 Å². The molecule has 1 unspecified atom stereocenters. The van der Waals surface area contributed by atoms with Gasteiger partial charge in [-0.15, -0.1) is 11.8 Å². The largest absolute Gasteiger partial charge is 0.505 e. The zero-order valence-electron chi connectivity index (χ0n) is 12.6. The number of carboxylic acids is 1. The number of aliphatic carboxylic acids is 1. The Bertz CT molecular complexity index is 580. The summed E-state index contributed by atoms with van der Waals surface area (Å²) in [4.78, 5) is 19.0. The summed E-state index contributed by atoms with van der Waals surface area (Å²) in [6, 6.07) is 0.630. The summed E-state index contributed by atoms with van der Waals surface area (Å²) >= 11 is 1.25. The molecule has 126 valence electrons. The maximum Gasteiger partial charge on any atom is 0.329 e. The number of carbonyl (C=O) groups is 1. The van der Waals surface area contributed by atoms with Crippen molar-refractivity contribution in [2.45, 2.75) is 6.04 Å². The number of ether oxygens (including phenoxy) is 3. The van der Waals surface area contributed by atoms with Crippen molar-refractivity contribution in [2.24, 2.45) is 4.99 Å². The van der Waals surface area contributed by atoms with E-state index in [0.29, 0.717) is 43.0 Å². The molecule has 2 rings (SSSR count). The van der Waals surface area contributed by atoms with Gasteiger partial charge in [-0.05, 0) is 0 Å². The van der Waals surface area contributed by atoms with Gasteiger partial charge in [-0.2, -0.15) is 0 Å². The number of carboxylic acid groups (broad SMARTS) is 1. The molecule has 2 heterocycles. The Morgan fingerprint density at radius 1 is 1.39 bits per heavy atom. The monoisotopic (exact) mass is 342 g/mol. The van der Waals surface area contributed by atoms with E-state index in [1.807, 2.05) is 0 Å². The lowest BCUT2D eigenvalue weighted by molar-refractivity contribution is -0.137. The molecule has 0 aliphatic carbocycles. The van der Waals surface area contributed by atoms with Crippen LogP contribution in [0.4, 0.5) is 0 Å². The molecule has 0 saturated heterocycles. The number of aromatic hydroxyl groups is 1. The van der Waals surface area contributed by atoms with Crippen molar-refractivity contribution in [1.29, 1.82) is 0 Å². The number of pyridine rings is 1. The molecule has 1 aromatic rings. The highest BCUT2D eigenvalue weighted by molar-refractivity contribution is 8.14. The average molecular weight is 342 g/mol. The lowest BCUT2D eigenvalue weighted by Crippen LogP contribution is -2.17. The maximum atomic E-state index is 10.9. The molecule has 0 spiro atoms. The summed E-state index contributed by atoms with van der Waals surface area (Å²) in [6.45, 7) is 1.73. The highest BCUT2D eigenvalue weighted by Crippen LogP contribution is 2.29. The number of thioether (sulfide) groups is 1. The van der Waals surface area contributed by atoms with Gasteiger partial charge in [0, 0.05) is 18.9 Å². The van der Waals surface area contributed by atoms with Crippen molar-refractivity contribution in [2.75, 3.05) is 39.3 Å². The number of methoxy groups -OCH3 is 1. The Balaban J connectivity index is 1.88. The topological polar surface area (TPSA) is 110 Å². The summed E-state index contributed by atoms with van der Waals surface area (Å²) in [7, 11) is 1.60. The van der Waals surface area contributed by atoms with Crippen LogP contribution in [-0.2, 0) is 14.3 Å². The number of nitrogens with zero attached hydrogens (tertiary/aromatic N) is 2. The third-order valence-electron chi connectivity index (χ3n) is 2.91. The first-order valence-corrected chi connectivity index (χ1v) is 7.92. The molecule has 0 radical (unpaired) electrons. The van der Waals surface area contributed by atoms with Crippen molar-refractivity contribution in [3.05, 3.63) is 18.0 Å². The van der Waals surface area contributed by atoms with Crippen LogP contribution < -0.4 is 4.74 Å². The van der Waals surface area contributed by atoms with Crippen LogP contribution in [0.1, 0.15) is 5.69 Å². The van der Waals surface area contributed by atoms with Crippen molar-refractivity contribution in [3.8, 4) is 11.5 Å². The minimum atomic E-state index is -0.986. The number of aromatic nitrogens is 1. The van der Waals surface area contributed by atoms with Crippen molar-refractivity contribution in [3.63, 3.8) is 0 Å². The Hall–Kier alpha value is -1.84. The smallest absolute Gasteiger partial charge is 0.329 e. The van der Waals surface area contributed by atoms with Gasteiger partial charge in [0.2, 0.25) is 0 Å². The first kappa shape index (κ1) is 17.5. The second-order valence-electron chi connectivity index (χ2n) is 4.59. The SMILES string of the molecule is COCCOCCOc1cnc(C2=NC(C(=O)O)CS2)c(O)c1. The fraction of sp³-hybridized carbons (Fsp3) is 0.500. The van der Waals surface area contributed by atoms with Crippen LogP contribution in [0, 0.1) is 0 Å². The average Bonchev–Trinajstić information content (AvgIpc) is 3.01. The minimum absolute atomic E-state index is 0.0971. The normalized spacial score (nSPS) is 17.1. The molecule has 1 aromatic heterocycles. The number of hydrogen-bond donors (Lipinski definition) is 2. The van der Waals surface area contributed by atoms with Gasteiger partial charge in [0.05, 0.1) is 26.0 Å². The Labute approximate surface area is 137 Å². The molecule has 1 aliphatic heterocycles. The van der Waals surface area contributed by atoms with Crippen LogP contribution in [0.2, 0.25) is 0 Å². The first-order chi connectivity index (χ1) is 11.1. The van der Waals surface area contributed by atoms with E-state index in [2.05, 4.69) is 9.98 Å². The van der Waals surface area contributed by atoms with Gasteiger partial charge in [-0.3, -0.25) is 4.99 Å². The molecule has 23 heavy (non-hydrogen) atoms. The molecule has 9 heteroatoms. The molecule has 0 fully saturated rings. The van der Waals surface area contributed by atoms with E-state index in [4.69, 9.17) is 19.3 Å². The predicted octanol–water partition coefficient (Wildman–Crippen LogP) is 0.776. The summed E-state index contributed by atoms with van der Waals surface area (Å²) in [5, 5.41) is 19.4. The van der Waals surface area contributed by atoms with Crippen molar-refractivity contribution < 1.29 is 29.2 Å². The lowest BCUT2D eigenvalue weighted by atomic mass is 10.3. The summed E-state index contributed by atoms with van der Waals surface area (Å²) in [5.74, 6) is -0.344. The molecule has 8 nitrogen and oxygen atoms in total. The van der Waals surface area contributed by atoms with E-state index >= 15 is 0 Å². The fourth-order valence-electron chi connectivity index (χ4n) is 1.77. The Kier molecular flexibility index (Phi) is 6.63. The molecule has 1 atom stereocenters. The van der Waals surface area contributed by atoms with Crippen molar-refractivity contribution >= 4 is 22.8 Å². The van der Waals surface area contributed by atoms with Crippen LogP contribution in [0.15, 0.2) is 17.3 Å². The molecular formula is C14H18N2O6S. The fourth-order valence-corrected chi connectivity index (χ4v) is 2.80. The van der Waals surface area contributed by atoms with Gasteiger partial charge in [-0.1, -0.05) is 0 Å². The van der Waals surface area contributed by atoms with E-state index in [-0.39, 0.29) is 11.4 Å². The van der Waals surface area contributed by atoms with Crippen LogP contribution in [0.3, 0.4) is 0 Å². The maximum absolute atomic E-state index is 10.9. The van der Waals surface area contributed by atoms with Crippen LogP contribution >= 0.6 is 11.8 Å². The number of aliphatic imine (C=N–C) groups is 1. The summed E-state index contributed by atoms with van der Waals surface area (Å²) in [6.07, 6.45) is 1.46. The van der Waals surface area contributed by atoms with E-state index in [1.165, 1.54) is 24.0 Å². The van der Waals surface area contributed by atoms with Gasteiger partial charge in [-0.25, -0.2) is 9.78 Å². The van der Waals surface area contributed by atoms with E-state index in [9.17, 15) is 9.90 Å². The first-order valence-electron chi connectivity index (χ1n) is 6.94. The number of hydrogen-bond acceptors (Lipinski definition) is 8. The second kappa shape index (κ2) is 8.70. The van der Waals surface area contributed by atoms with Crippen LogP contribution in [-0.4, -0.2) is 71.5 Å². The molecule has 0 saturated carbocycles. The number of rotatable bonds is 9. The quantitative estimate of drug-likeness (QED) is 0.633. The van der Waals surface area contributed by atoms with Crippen LogP contribution in [0.5, 0.6) is 11.5 Å². The molecule has 0 aromatic carbocycles. The minimum Gasteiger partial charge on any atom is -0.505 e. The highest BCUT2D eigenvalue weighted by Gasteiger charge is 2.27. The predicted molar refractivity (Wildman–Crippen MR) is 84.5 cm³/mol. The zero-order chi connectivity index (χ0) is 16.7. The molecule has 1 aliphatic rings. The van der Waals surface area contributed by atoms with E-state index in [0.717, 1.165) is 0 Å². The zero-order valence-corrected chi connectivity index (χ0v) is 13.4. The van der Waals surface area contributed by atoms with Gasteiger partial charge in [0.15, 0.2) is 6.04 Å². The molecule has 0 amide bonds. The van der Waals surface area contributed by atoms with Gasteiger partial charge in [0.1, 0.15) is 28.8 Å². The van der Waals surface area contributed by atoms with Gasteiger partial charge < -0.3 is 24.4 Å². The summed E-state index contributed by atoms with van der Waals surface area (Å²) < 4.78 is 15.5. The summed E-state index contributed by atoms with van der Waals surface area (Å²) in [5.41, 5.74) is 0.266. The molecule has 2 N–H and O–H groups in total. The molecular weight excluding hydrogens is 324 g/mol. The third kappa shape index (κ3) is 5.08. The lowest BCUT2D eigenvalue weighted by Gasteiger charge is -2.08. The standard InChI is InChI=1S/C14H18N2O6S/c1-20-2-3-21-4-5-22-9-6-11(17)12(15-7-9)13-16-10(8-23-13)14(18)19/h6-7,10,17H,2-5,8H2,1H3,(H,18,19). The highest BCUT2D eigenvalue weighted by atomic mass is 32.2. The molecule has 0 bridgehead atoms. The third-order valence-corrected chi connectivity index (χ3v) is 3.96. The Morgan fingerprint density at radius 3 is 2.83 bits per heavy atom. The Morgan fingerprint density at radius 2 is 2.17 bits per heavy atom. The second-order valence-corrected chi connectivity index (χ2v) is 5.60. The van der Waals surface area contributed by atoms with E-state index < -0.39 is 12.0 Å². The van der Waals surface area contributed by atoms with Gasteiger partial charge in [0.25, 0.3) is 0 Å². The van der Waals surface area contributed by atoms with Crippen molar-refractivity contribution in [1.82, 2.24) is 4.98 Å².